The molecule has 0 radical (unpaired) electrons. The summed E-state index contributed by atoms with van der Waals surface area (Å²) in [4.78, 5) is 27.9. The molecule has 0 aliphatic heterocycles. The van der Waals surface area contributed by atoms with E-state index in [1.807, 2.05) is 19.1 Å². The minimum absolute atomic E-state index is 0.205. The largest absolute Gasteiger partial charge is 0.469 e. The van der Waals surface area contributed by atoms with Crippen molar-refractivity contribution in [2.24, 2.45) is 0 Å². The summed E-state index contributed by atoms with van der Waals surface area (Å²) in [5.41, 5.74) is 1.76. The first-order valence-electron chi connectivity index (χ1n) is 5.94. The van der Waals surface area contributed by atoms with Gasteiger partial charge < -0.3 is 9.72 Å². The van der Waals surface area contributed by atoms with Gasteiger partial charge in [0.15, 0.2) is 0 Å². The van der Waals surface area contributed by atoms with E-state index < -0.39 is 0 Å². The number of fused-ring (bicyclic) bond motifs is 1. The van der Waals surface area contributed by atoms with E-state index >= 15 is 0 Å². The summed E-state index contributed by atoms with van der Waals surface area (Å²) in [6.07, 6.45) is 8.79. The predicted octanol–water partition coefficient (Wildman–Crippen LogP) is 1.88. The minimum atomic E-state index is -0.245. The standard InChI is InChI=1S/C11H11N3O.C3H6O2/c1-3-5-9-8(4-2)13-11(15)10-12-6-7-14(9)10;1-3(4)5-2/h3-7H,2H2,1H3,(H,13,15);1-2H3/b5-3-;. The third-order valence-electron chi connectivity index (χ3n) is 2.44. The van der Waals surface area contributed by atoms with Gasteiger partial charge >= 0.3 is 5.97 Å². The number of ether oxygens (including phenoxy) is 1. The SMILES string of the molecule is C=Cc1[nH]c(=O)c2nccn2c1/C=C\C.COC(C)=O. The molecule has 0 unspecified atom stereocenters. The number of nitrogens with zero attached hydrogens (tertiary/aromatic N) is 2. The van der Waals surface area contributed by atoms with Crippen LogP contribution in [0, 0.1) is 0 Å². The van der Waals surface area contributed by atoms with Crippen LogP contribution >= 0.6 is 0 Å². The fraction of sp³-hybridized carbons (Fsp3) is 0.214. The smallest absolute Gasteiger partial charge is 0.302 e. The van der Waals surface area contributed by atoms with Crippen LogP contribution in [-0.4, -0.2) is 27.4 Å². The van der Waals surface area contributed by atoms with Crippen LogP contribution in [0.1, 0.15) is 25.2 Å². The van der Waals surface area contributed by atoms with Crippen molar-refractivity contribution in [3.8, 4) is 0 Å². The first-order chi connectivity index (χ1) is 9.54. The number of rotatable bonds is 2. The van der Waals surface area contributed by atoms with Gasteiger partial charge in [0.25, 0.3) is 5.56 Å². The van der Waals surface area contributed by atoms with Gasteiger partial charge in [0.2, 0.25) is 5.65 Å². The zero-order valence-electron chi connectivity index (χ0n) is 11.7. The number of allylic oxidation sites excluding steroid dienone is 1. The van der Waals surface area contributed by atoms with Crippen molar-refractivity contribution in [3.05, 3.63) is 46.8 Å². The average Bonchev–Trinajstić information content (AvgIpc) is 2.92. The fourth-order valence-electron chi connectivity index (χ4n) is 1.52. The molecule has 0 saturated heterocycles. The lowest BCUT2D eigenvalue weighted by Crippen LogP contribution is -2.14. The first-order valence-corrected chi connectivity index (χ1v) is 5.94. The summed E-state index contributed by atoms with van der Waals surface area (Å²) in [5.74, 6) is -0.245. The fourth-order valence-corrected chi connectivity index (χ4v) is 1.52. The second kappa shape index (κ2) is 7.08. The molecule has 0 atom stereocenters. The monoisotopic (exact) mass is 275 g/mol. The molecule has 0 spiro atoms. The molecule has 0 saturated carbocycles. The number of aromatic amines is 1. The van der Waals surface area contributed by atoms with E-state index in [1.54, 1.807) is 22.9 Å². The molecule has 0 aromatic carbocycles. The molecule has 2 aromatic rings. The highest BCUT2D eigenvalue weighted by Crippen LogP contribution is 2.09. The van der Waals surface area contributed by atoms with E-state index in [2.05, 4.69) is 21.3 Å². The Morgan fingerprint density at radius 3 is 2.70 bits per heavy atom. The Hall–Kier alpha value is -2.63. The Kier molecular flexibility index (Phi) is 5.46. The zero-order chi connectivity index (χ0) is 15.1. The lowest BCUT2D eigenvalue weighted by Gasteiger charge is -2.04. The number of imidazole rings is 1. The third-order valence-corrected chi connectivity index (χ3v) is 2.44. The Bertz CT molecular complexity index is 695. The van der Waals surface area contributed by atoms with E-state index in [0.29, 0.717) is 11.3 Å². The van der Waals surface area contributed by atoms with Crippen molar-refractivity contribution in [3.63, 3.8) is 0 Å². The van der Waals surface area contributed by atoms with Gasteiger partial charge in [0, 0.05) is 19.3 Å². The number of carbonyl (C=O) groups excluding carboxylic acids is 1. The molecule has 0 bridgehead atoms. The van der Waals surface area contributed by atoms with Crippen molar-refractivity contribution in [1.82, 2.24) is 14.4 Å². The van der Waals surface area contributed by atoms with E-state index in [-0.39, 0.29) is 11.5 Å². The summed E-state index contributed by atoms with van der Waals surface area (Å²) in [5, 5.41) is 0. The van der Waals surface area contributed by atoms with E-state index in [9.17, 15) is 9.59 Å². The van der Waals surface area contributed by atoms with Gasteiger partial charge in [-0.2, -0.15) is 0 Å². The quantitative estimate of drug-likeness (QED) is 0.849. The normalized spacial score (nSPS) is 10.2. The highest BCUT2D eigenvalue weighted by molar-refractivity contribution is 5.65. The summed E-state index contributed by atoms with van der Waals surface area (Å²) in [7, 11) is 1.35. The molecule has 0 aliphatic rings. The number of aromatic nitrogens is 3. The van der Waals surface area contributed by atoms with Crippen LogP contribution in [0.5, 0.6) is 0 Å². The Labute approximate surface area is 116 Å². The molecular weight excluding hydrogens is 258 g/mol. The van der Waals surface area contributed by atoms with Crippen LogP contribution < -0.4 is 5.56 Å². The lowest BCUT2D eigenvalue weighted by molar-refractivity contribution is -0.137. The number of esters is 1. The average molecular weight is 275 g/mol. The van der Waals surface area contributed by atoms with Gasteiger partial charge in [-0.3, -0.25) is 14.0 Å². The van der Waals surface area contributed by atoms with Gasteiger partial charge in [0.05, 0.1) is 18.5 Å². The van der Waals surface area contributed by atoms with Gasteiger partial charge in [0.1, 0.15) is 0 Å². The number of methoxy groups -OCH3 is 1. The van der Waals surface area contributed by atoms with Crippen LogP contribution in [0.25, 0.3) is 17.8 Å². The Morgan fingerprint density at radius 2 is 2.20 bits per heavy atom. The van der Waals surface area contributed by atoms with Crippen molar-refractivity contribution < 1.29 is 9.53 Å². The number of nitrogens with one attached hydrogen (secondary N) is 1. The molecule has 1 N–H and O–H groups in total. The van der Waals surface area contributed by atoms with Gasteiger partial charge in [-0.05, 0) is 19.1 Å². The molecule has 6 nitrogen and oxygen atoms in total. The van der Waals surface area contributed by atoms with Crippen LogP contribution in [-0.2, 0) is 9.53 Å². The highest BCUT2D eigenvalue weighted by Gasteiger charge is 2.06. The number of hydrogen-bond acceptors (Lipinski definition) is 4. The van der Waals surface area contributed by atoms with E-state index in [1.165, 1.54) is 14.0 Å². The van der Waals surface area contributed by atoms with Crippen molar-refractivity contribution in [2.75, 3.05) is 7.11 Å². The predicted molar refractivity (Wildman–Crippen MR) is 78.3 cm³/mol. The molecule has 0 aliphatic carbocycles. The van der Waals surface area contributed by atoms with Crippen molar-refractivity contribution in [2.45, 2.75) is 13.8 Å². The van der Waals surface area contributed by atoms with Crippen LogP contribution in [0.4, 0.5) is 0 Å². The van der Waals surface area contributed by atoms with E-state index in [0.717, 1.165) is 5.69 Å². The maximum Gasteiger partial charge on any atom is 0.302 e. The number of H-pyrrole nitrogens is 1. The molecule has 2 heterocycles. The molecule has 6 heteroatoms. The van der Waals surface area contributed by atoms with E-state index in [4.69, 9.17) is 0 Å². The molecule has 0 amide bonds. The van der Waals surface area contributed by atoms with Crippen LogP contribution in [0.3, 0.4) is 0 Å². The molecular formula is C14H17N3O3. The van der Waals surface area contributed by atoms with Gasteiger partial charge in [-0.1, -0.05) is 12.7 Å². The Balaban J connectivity index is 0.000000347. The molecule has 20 heavy (non-hydrogen) atoms. The van der Waals surface area contributed by atoms with Crippen molar-refractivity contribution in [1.29, 1.82) is 0 Å². The van der Waals surface area contributed by atoms with Gasteiger partial charge in [-0.25, -0.2) is 4.98 Å². The first kappa shape index (κ1) is 15.4. The minimum Gasteiger partial charge on any atom is -0.469 e. The molecule has 106 valence electrons. The second-order valence-electron chi connectivity index (χ2n) is 3.77. The molecule has 2 rings (SSSR count). The third kappa shape index (κ3) is 3.44. The number of hydrogen-bond donors (Lipinski definition) is 1. The lowest BCUT2D eigenvalue weighted by atomic mass is 10.2. The Morgan fingerprint density at radius 1 is 1.55 bits per heavy atom. The van der Waals surface area contributed by atoms with Crippen molar-refractivity contribution >= 4 is 23.8 Å². The van der Waals surface area contributed by atoms with Crippen LogP contribution in [0.2, 0.25) is 0 Å². The highest BCUT2D eigenvalue weighted by atomic mass is 16.5. The summed E-state index contributed by atoms with van der Waals surface area (Å²) in [6.45, 7) is 6.95. The second-order valence-corrected chi connectivity index (χ2v) is 3.77. The molecule has 0 fully saturated rings. The maximum absolute atomic E-state index is 11.6. The molecule has 2 aromatic heterocycles. The van der Waals surface area contributed by atoms with Gasteiger partial charge in [-0.15, -0.1) is 0 Å². The summed E-state index contributed by atoms with van der Waals surface area (Å²) >= 11 is 0. The summed E-state index contributed by atoms with van der Waals surface area (Å²) in [6, 6.07) is 0. The summed E-state index contributed by atoms with van der Waals surface area (Å²) < 4.78 is 5.86. The van der Waals surface area contributed by atoms with Crippen LogP contribution in [0.15, 0.2) is 29.8 Å². The topological polar surface area (TPSA) is 76.5 Å². The zero-order valence-corrected chi connectivity index (χ0v) is 11.7. The number of carbonyl (C=O) groups is 1. The maximum atomic E-state index is 11.6.